The molecule has 7 heteroatoms. The van der Waals surface area contributed by atoms with Crippen LogP contribution in [0.5, 0.6) is 0 Å². The molecule has 0 saturated heterocycles. The molecule has 0 saturated carbocycles. The second-order valence-corrected chi connectivity index (χ2v) is 8.75. The van der Waals surface area contributed by atoms with Crippen molar-refractivity contribution < 1.29 is 14.0 Å². The van der Waals surface area contributed by atoms with E-state index in [4.69, 9.17) is 4.42 Å². The lowest BCUT2D eigenvalue weighted by Crippen LogP contribution is -2.40. The Morgan fingerprint density at radius 1 is 1.16 bits per heavy atom. The second-order valence-electron chi connectivity index (χ2n) is 7.71. The van der Waals surface area contributed by atoms with Crippen LogP contribution in [0.3, 0.4) is 0 Å². The Labute approximate surface area is 184 Å². The van der Waals surface area contributed by atoms with Gasteiger partial charge >= 0.3 is 0 Å². The average Bonchev–Trinajstić information content (AvgIpc) is 3.46. The van der Waals surface area contributed by atoms with Gasteiger partial charge in [0.2, 0.25) is 5.91 Å². The van der Waals surface area contributed by atoms with Crippen molar-refractivity contribution in [2.24, 2.45) is 0 Å². The number of hydrogen-bond acceptors (Lipinski definition) is 6. The molecule has 0 fully saturated rings. The van der Waals surface area contributed by atoms with Crippen molar-refractivity contribution in [3.63, 3.8) is 0 Å². The topological polar surface area (TPSA) is 74.6 Å². The number of carbonyl (C=O) groups excluding carboxylic acids is 2. The standard InChI is InChI=1S/C24H23N3O3S/c28-20-10-3-8-18-23(20)24(21-11-4-12-30-21)27(19-9-2-1-7-17(19)26-18)15-22(29)25-14-16-6-5-13-31-16/h1-2,4-7,9,11-13,24,26H,3,8,10,14-15H2,(H,25,29)/t24-/m1/s1. The third kappa shape index (κ3) is 3.88. The van der Waals surface area contributed by atoms with Crippen LogP contribution in [0.2, 0.25) is 0 Å². The van der Waals surface area contributed by atoms with E-state index in [0.717, 1.165) is 34.8 Å². The first-order valence-corrected chi connectivity index (χ1v) is 11.3. The minimum absolute atomic E-state index is 0.104. The maximum Gasteiger partial charge on any atom is 0.239 e. The number of para-hydroxylation sites is 2. The largest absolute Gasteiger partial charge is 0.467 e. The molecule has 31 heavy (non-hydrogen) atoms. The number of benzene rings is 1. The molecule has 3 heterocycles. The molecule has 0 bridgehead atoms. The Bertz CT molecular complexity index is 1120. The molecule has 158 valence electrons. The van der Waals surface area contributed by atoms with Crippen LogP contribution in [0.15, 0.2) is 75.9 Å². The van der Waals surface area contributed by atoms with E-state index in [1.54, 1.807) is 17.6 Å². The Kier molecular flexibility index (Phi) is 5.34. The van der Waals surface area contributed by atoms with Gasteiger partial charge in [-0.1, -0.05) is 18.2 Å². The minimum Gasteiger partial charge on any atom is -0.467 e. The first-order valence-electron chi connectivity index (χ1n) is 10.4. The normalized spacial score (nSPS) is 18.1. The quantitative estimate of drug-likeness (QED) is 0.613. The van der Waals surface area contributed by atoms with Crippen molar-refractivity contribution in [1.29, 1.82) is 0 Å². The van der Waals surface area contributed by atoms with E-state index in [9.17, 15) is 9.59 Å². The highest BCUT2D eigenvalue weighted by atomic mass is 32.1. The van der Waals surface area contributed by atoms with Gasteiger partial charge in [0.05, 0.1) is 30.7 Å². The molecule has 0 unspecified atom stereocenters. The van der Waals surface area contributed by atoms with Gasteiger partial charge in [0.1, 0.15) is 11.8 Å². The molecular weight excluding hydrogens is 410 g/mol. The summed E-state index contributed by atoms with van der Waals surface area (Å²) in [6.07, 6.45) is 3.73. The summed E-state index contributed by atoms with van der Waals surface area (Å²) in [5.74, 6) is 0.659. The van der Waals surface area contributed by atoms with E-state index in [-0.39, 0.29) is 18.2 Å². The number of carbonyl (C=O) groups is 2. The molecule has 1 aromatic carbocycles. The van der Waals surface area contributed by atoms with Crippen LogP contribution >= 0.6 is 11.3 Å². The van der Waals surface area contributed by atoms with Crippen LogP contribution in [0.25, 0.3) is 0 Å². The monoisotopic (exact) mass is 433 g/mol. The predicted molar refractivity (Wildman–Crippen MR) is 121 cm³/mol. The van der Waals surface area contributed by atoms with Crippen molar-refractivity contribution in [1.82, 2.24) is 5.32 Å². The van der Waals surface area contributed by atoms with Gasteiger partial charge in [-0.25, -0.2) is 0 Å². The maximum atomic E-state index is 13.1. The number of ketones is 1. The maximum absolute atomic E-state index is 13.1. The molecule has 5 rings (SSSR count). The van der Waals surface area contributed by atoms with E-state index in [0.29, 0.717) is 24.3 Å². The van der Waals surface area contributed by atoms with Crippen molar-refractivity contribution in [2.75, 3.05) is 16.8 Å². The lowest BCUT2D eigenvalue weighted by atomic mass is 9.88. The number of nitrogens with one attached hydrogen (secondary N) is 2. The minimum atomic E-state index is -0.457. The molecule has 2 aromatic heterocycles. The van der Waals surface area contributed by atoms with E-state index < -0.39 is 6.04 Å². The third-order valence-electron chi connectivity index (χ3n) is 5.71. The van der Waals surface area contributed by atoms with Crippen LogP contribution in [-0.2, 0) is 16.1 Å². The summed E-state index contributed by atoms with van der Waals surface area (Å²) in [5.41, 5.74) is 3.39. The van der Waals surface area contributed by atoms with Crippen molar-refractivity contribution >= 4 is 34.4 Å². The van der Waals surface area contributed by atoms with E-state index in [1.165, 1.54) is 0 Å². The van der Waals surface area contributed by atoms with Gasteiger partial charge in [0, 0.05) is 22.6 Å². The number of rotatable bonds is 5. The summed E-state index contributed by atoms with van der Waals surface area (Å²) >= 11 is 1.61. The van der Waals surface area contributed by atoms with Gasteiger partial charge in [-0.15, -0.1) is 11.3 Å². The summed E-state index contributed by atoms with van der Waals surface area (Å²) in [7, 11) is 0. The van der Waals surface area contributed by atoms with E-state index in [2.05, 4.69) is 10.6 Å². The zero-order chi connectivity index (χ0) is 21.2. The van der Waals surface area contributed by atoms with Gasteiger partial charge in [-0.05, 0) is 48.6 Å². The molecule has 2 aliphatic rings. The number of fused-ring (bicyclic) bond motifs is 1. The van der Waals surface area contributed by atoms with Gasteiger partial charge in [-0.3, -0.25) is 9.59 Å². The second kappa shape index (κ2) is 8.43. The van der Waals surface area contributed by atoms with Crippen LogP contribution in [0.4, 0.5) is 11.4 Å². The van der Waals surface area contributed by atoms with E-state index >= 15 is 0 Å². The summed E-state index contributed by atoms with van der Waals surface area (Å²) in [6.45, 7) is 0.599. The smallest absolute Gasteiger partial charge is 0.239 e. The predicted octanol–water partition coefficient (Wildman–Crippen LogP) is 4.64. The zero-order valence-electron chi connectivity index (χ0n) is 17.0. The Morgan fingerprint density at radius 3 is 2.87 bits per heavy atom. The molecule has 1 aliphatic heterocycles. The van der Waals surface area contributed by atoms with Crippen LogP contribution in [0.1, 0.15) is 35.9 Å². The number of anilines is 2. The first-order chi connectivity index (χ1) is 15.2. The fraction of sp³-hybridized carbons (Fsp3) is 0.250. The molecule has 3 aromatic rings. The zero-order valence-corrected chi connectivity index (χ0v) is 17.8. The van der Waals surface area contributed by atoms with Crippen molar-refractivity contribution in [2.45, 2.75) is 31.8 Å². The molecule has 2 N–H and O–H groups in total. The number of Topliss-reactive ketones (excluding diaryl/α,β-unsaturated/α-hetero) is 1. The number of hydrogen-bond donors (Lipinski definition) is 2. The molecule has 1 atom stereocenters. The summed E-state index contributed by atoms with van der Waals surface area (Å²) in [6, 6.07) is 15.1. The van der Waals surface area contributed by atoms with Gasteiger partial charge in [0.15, 0.2) is 5.78 Å². The Balaban J connectivity index is 1.54. The number of thiophene rings is 1. The number of amides is 1. The van der Waals surface area contributed by atoms with E-state index in [1.807, 2.05) is 58.8 Å². The molecule has 6 nitrogen and oxygen atoms in total. The van der Waals surface area contributed by atoms with Crippen LogP contribution in [-0.4, -0.2) is 18.2 Å². The summed E-state index contributed by atoms with van der Waals surface area (Å²) in [5, 5.41) is 8.49. The van der Waals surface area contributed by atoms with Gasteiger partial charge in [-0.2, -0.15) is 0 Å². The molecule has 1 amide bonds. The molecule has 1 aliphatic carbocycles. The number of allylic oxidation sites excluding steroid dienone is 1. The van der Waals surface area contributed by atoms with Crippen molar-refractivity contribution in [3.8, 4) is 0 Å². The highest BCUT2D eigenvalue weighted by Gasteiger charge is 2.38. The Morgan fingerprint density at radius 2 is 2.06 bits per heavy atom. The molecule has 0 radical (unpaired) electrons. The molecule has 0 spiro atoms. The van der Waals surface area contributed by atoms with Crippen molar-refractivity contribution in [3.05, 3.63) is 82.1 Å². The van der Waals surface area contributed by atoms with Gasteiger partial charge < -0.3 is 20.0 Å². The number of furan rings is 1. The summed E-state index contributed by atoms with van der Waals surface area (Å²) < 4.78 is 5.79. The molecular formula is C24H23N3O3S. The average molecular weight is 434 g/mol. The van der Waals surface area contributed by atoms with Gasteiger partial charge in [0.25, 0.3) is 0 Å². The highest BCUT2D eigenvalue weighted by Crippen LogP contribution is 2.44. The lowest BCUT2D eigenvalue weighted by Gasteiger charge is -2.33. The van der Waals surface area contributed by atoms with Crippen LogP contribution in [0, 0.1) is 0 Å². The SMILES string of the molecule is O=C(CN1c2ccccc2NC2=C(C(=O)CCC2)[C@H]1c1ccco1)NCc1cccs1. The highest BCUT2D eigenvalue weighted by molar-refractivity contribution is 7.09. The van der Waals surface area contributed by atoms with Crippen LogP contribution < -0.4 is 15.5 Å². The lowest BCUT2D eigenvalue weighted by molar-refractivity contribution is -0.120. The first kappa shape index (κ1) is 19.6. The summed E-state index contributed by atoms with van der Waals surface area (Å²) in [4.78, 5) is 29.2. The third-order valence-corrected chi connectivity index (χ3v) is 6.58. The fourth-order valence-electron chi connectivity index (χ4n) is 4.33. The number of nitrogens with zero attached hydrogens (tertiary/aromatic N) is 1. The Hall–Kier alpha value is -3.32. The fourth-order valence-corrected chi connectivity index (χ4v) is 4.97.